The van der Waals surface area contributed by atoms with Gasteiger partial charge in [0.1, 0.15) is 11.7 Å². The molecule has 11 nitrogen and oxygen atoms in total. The van der Waals surface area contributed by atoms with Crippen LogP contribution >= 0.6 is 11.6 Å². The van der Waals surface area contributed by atoms with Gasteiger partial charge < -0.3 is 24.9 Å². The third-order valence-electron chi connectivity index (χ3n) is 8.16. The minimum atomic E-state index is -3.99. The highest BCUT2D eigenvalue weighted by Gasteiger charge is 2.42. The number of rotatable bonds is 7. The first kappa shape index (κ1) is 28.9. The minimum Gasteiger partial charge on any atom is -0.361 e. The molecular weight excluding hydrogens is 592 g/mol. The number of carbonyl (C=O) groups excluding carboxylic acids is 3. The molecule has 1 atom stereocenters. The molecule has 0 radical (unpaired) electrons. The molecule has 1 aromatic heterocycles. The molecule has 0 aliphatic carbocycles. The van der Waals surface area contributed by atoms with Crippen molar-refractivity contribution in [3.63, 3.8) is 0 Å². The number of nitrogens with zero attached hydrogens (tertiary/aromatic N) is 5. The summed E-state index contributed by atoms with van der Waals surface area (Å²) < 4.78 is 27.2. The zero-order chi connectivity index (χ0) is 30.3. The van der Waals surface area contributed by atoms with Gasteiger partial charge in [0.2, 0.25) is 5.91 Å². The van der Waals surface area contributed by atoms with E-state index in [1.165, 1.54) is 30.6 Å². The summed E-state index contributed by atoms with van der Waals surface area (Å²) in [4.78, 5) is 51.3. The van der Waals surface area contributed by atoms with E-state index in [0.29, 0.717) is 55.4 Å². The number of sulfone groups is 1. The summed E-state index contributed by atoms with van der Waals surface area (Å²) in [5, 5.41) is 4.68. The van der Waals surface area contributed by atoms with Crippen molar-refractivity contribution in [2.75, 3.05) is 39.2 Å². The number of amides is 3. The molecule has 13 heteroatoms. The van der Waals surface area contributed by atoms with E-state index in [4.69, 9.17) is 11.6 Å². The molecule has 3 aliphatic heterocycles. The second-order valence-electron chi connectivity index (χ2n) is 11.1. The minimum absolute atomic E-state index is 0.0135. The highest BCUT2D eigenvalue weighted by Crippen LogP contribution is 2.29. The average Bonchev–Trinajstić information content (AvgIpc) is 3.52. The fourth-order valence-corrected chi connectivity index (χ4v) is 7.53. The summed E-state index contributed by atoms with van der Waals surface area (Å²) in [6, 6.07) is 11.5. The lowest BCUT2D eigenvalue weighted by Crippen LogP contribution is -2.55. The van der Waals surface area contributed by atoms with Crippen LogP contribution in [0.1, 0.15) is 23.2 Å². The molecule has 3 aromatic rings. The fourth-order valence-electron chi connectivity index (χ4n) is 5.91. The molecule has 6 rings (SSSR count). The average molecular weight is 623 g/mol. The van der Waals surface area contributed by atoms with Gasteiger partial charge in [0.25, 0.3) is 11.8 Å². The maximum Gasteiger partial charge on any atom is 0.273 e. The molecular formula is C30H31ClN6O5S. The zero-order valence-electron chi connectivity index (χ0n) is 23.5. The van der Waals surface area contributed by atoms with E-state index in [9.17, 15) is 22.8 Å². The summed E-state index contributed by atoms with van der Waals surface area (Å²) in [6.07, 6.45) is 5.86. The second kappa shape index (κ2) is 11.5. The number of piperidine rings is 1. The van der Waals surface area contributed by atoms with Crippen LogP contribution in [0.2, 0.25) is 5.02 Å². The van der Waals surface area contributed by atoms with Gasteiger partial charge in [-0.05, 0) is 60.0 Å². The lowest BCUT2D eigenvalue weighted by molar-refractivity contribution is -0.135. The Hall–Kier alpha value is -4.16. The summed E-state index contributed by atoms with van der Waals surface area (Å²) in [5.74, 6) is -1.67. The molecule has 0 bridgehead atoms. The number of carbonyl (C=O) groups is 3. The Morgan fingerprint density at radius 2 is 1.72 bits per heavy atom. The molecule has 2 fully saturated rings. The van der Waals surface area contributed by atoms with Crippen molar-refractivity contribution < 1.29 is 22.8 Å². The highest BCUT2D eigenvalue weighted by atomic mass is 35.5. The predicted molar refractivity (Wildman–Crippen MR) is 160 cm³/mol. The van der Waals surface area contributed by atoms with Crippen molar-refractivity contribution in [1.29, 1.82) is 0 Å². The van der Waals surface area contributed by atoms with Crippen LogP contribution in [0.3, 0.4) is 0 Å². The van der Waals surface area contributed by atoms with Gasteiger partial charge in [-0.1, -0.05) is 23.7 Å². The lowest BCUT2D eigenvalue weighted by atomic mass is 10.0. The molecule has 43 heavy (non-hydrogen) atoms. The van der Waals surface area contributed by atoms with Crippen molar-refractivity contribution in [1.82, 2.24) is 29.9 Å². The Kier molecular flexibility index (Phi) is 7.74. The van der Waals surface area contributed by atoms with Crippen molar-refractivity contribution in [3.8, 4) is 0 Å². The SMILES string of the molecule is CN1C=C2C(=O)N(C3CCN(C(=O)[C@@H](CS(=O)(=O)c4ccc5cc(Cl)ccc5c4)NC(=O)c4ccncc4)CC3)CN2C1. The number of hydrogen-bond donors (Lipinski definition) is 1. The fraction of sp³-hybridized carbons (Fsp3) is 0.333. The number of nitrogens with one attached hydrogen (secondary N) is 1. The Morgan fingerprint density at radius 3 is 2.44 bits per heavy atom. The molecule has 0 saturated carbocycles. The summed E-state index contributed by atoms with van der Waals surface area (Å²) in [7, 11) is -2.07. The monoisotopic (exact) mass is 622 g/mol. The highest BCUT2D eigenvalue weighted by molar-refractivity contribution is 7.91. The van der Waals surface area contributed by atoms with Crippen LogP contribution in [-0.4, -0.2) is 102 Å². The quantitative estimate of drug-likeness (QED) is 0.426. The van der Waals surface area contributed by atoms with Gasteiger partial charge in [0, 0.05) is 55.4 Å². The smallest absolute Gasteiger partial charge is 0.273 e. The van der Waals surface area contributed by atoms with Gasteiger partial charge >= 0.3 is 0 Å². The third kappa shape index (κ3) is 5.89. The number of benzene rings is 2. The van der Waals surface area contributed by atoms with Gasteiger partial charge in [-0.2, -0.15) is 0 Å². The Bertz CT molecular complexity index is 1730. The molecule has 3 amide bonds. The van der Waals surface area contributed by atoms with E-state index >= 15 is 0 Å². The second-order valence-corrected chi connectivity index (χ2v) is 13.6. The Morgan fingerprint density at radius 1 is 1.02 bits per heavy atom. The third-order valence-corrected chi connectivity index (χ3v) is 10.1. The molecule has 224 valence electrons. The van der Waals surface area contributed by atoms with Gasteiger partial charge in [0.15, 0.2) is 9.84 Å². The lowest BCUT2D eigenvalue weighted by Gasteiger charge is -2.38. The van der Waals surface area contributed by atoms with Crippen LogP contribution in [0, 0.1) is 0 Å². The van der Waals surface area contributed by atoms with Crippen LogP contribution < -0.4 is 5.32 Å². The van der Waals surface area contributed by atoms with Crippen molar-refractivity contribution in [2.24, 2.45) is 0 Å². The number of likely N-dealkylation sites (tertiary alicyclic amines) is 1. The largest absolute Gasteiger partial charge is 0.361 e. The molecule has 3 aliphatic rings. The molecule has 0 spiro atoms. The van der Waals surface area contributed by atoms with Crippen LogP contribution in [-0.2, 0) is 19.4 Å². The van der Waals surface area contributed by atoms with Gasteiger partial charge in [-0.15, -0.1) is 0 Å². The molecule has 0 unspecified atom stereocenters. The first-order chi connectivity index (χ1) is 20.6. The molecule has 2 aromatic carbocycles. The van der Waals surface area contributed by atoms with E-state index in [2.05, 4.69) is 10.3 Å². The van der Waals surface area contributed by atoms with Gasteiger partial charge in [-0.3, -0.25) is 19.4 Å². The normalized spacial score (nSPS) is 18.2. The van der Waals surface area contributed by atoms with E-state index in [1.807, 2.05) is 27.9 Å². The number of pyridine rings is 1. The van der Waals surface area contributed by atoms with E-state index in [-0.39, 0.29) is 22.4 Å². The van der Waals surface area contributed by atoms with Crippen molar-refractivity contribution in [2.45, 2.75) is 29.8 Å². The predicted octanol–water partition coefficient (Wildman–Crippen LogP) is 2.30. The van der Waals surface area contributed by atoms with Gasteiger partial charge in [-0.25, -0.2) is 8.42 Å². The number of halogens is 1. The number of aromatic nitrogens is 1. The molecule has 4 heterocycles. The standard InChI is InChI=1S/C30H31ClN6O5S/c1-34-16-27-30(40)37(19-36(27)18-34)24-8-12-35(13-9-24)29(39)26(33-28(38)20-6-10-32-11-7-20)17-43(41,42)25-5-3-21-14-23(31)4-2-22(21)15-25/h2-7,10-11,14-16,24,26H,8-9,12-13,17-19H2,1H3,(H,33,38)/t26-/m1/s1. The summed E-state index contributed by atoms with van der Waals surface area (Å²) in [6.45, 7) is 1.84. The maximum absolute atomic E-state index is 13.8. The van der Waals surface area contributed by atoms with E-state index < -0.39 is 33.4 Å². The first-order valence-corrected chi connectivity index (χ1v) is 16.0. The molecule has 1 N–H and O–H groups in total. The number of hydrogen-bond acceptors (Lipinski definition) is 8. The topological polar surface area (TPSA) is 123 Å². The first-order valence-electron chi connectivity index (χ1n) is 14.0. The molecule has 2 saturated heterocycles. The van der Waals surface area contributed by atoms with E-state index in [0.717, 1.165) is 5.39 Å². The van der Waals surface area contributed by atoms with E-state index in [1.54, 1.807) is 35.2 Å². The van der Waals surface area contributed by atoms with Crippen LogP contribution in [0.15, 0.2) is 77.7 Å². The van der Waals surface area contributed by atoms with Gasteiger partial charge in [0.05, 0.1) is 24.0 Å². The Labute approximate surface area is 254 Å². The maximum atomic E-state index is 13.8. The number of fused-ring (bicyclic) bond motifs is 2. The van der Waals surface area contributed by atoms with Crippen LogP contribution in [0.5, 0.6) is 0 Å². The summed E-state index contributed by atoms with van der Waals surface area (Å²) in [5.41, 5.74) is 0.946. The zero-order valence-corrected chi connectivity index (χ0v) is 25.1. The van der Waals surface area contributed by atoms with Crippen LogP contribution in [0.4, 0.5) is 0 Å². The van der Waals surface area contributed by atoms with Crippen molar-refractivity contribution in [3.05, 3.63) is 83.4 Å². The Balaban J connectivity index is 1.19. The van der Waals surface area contributed by atoms with Crippen molar-refractivity contribution >= 4 is 49.9 Å². The van der Waals surface area contributed by atoms with Crippen LogP contribution in [0.25, 0.3) is 10.8 Å². The summed E-state index contributed by atoms with van der Waals surface area (Å²) >= 11 is 6.08.